The molecule has 1 fully saturated rings. The van der Waals surface area contributed by atoms with Crippen LogP contribution in [0.1, 0.15) is 11.1 Å². The minimum Gasteiger partial charge on any atom is -0.353 e. The van der Waals surface area contributed by atoms with Crippen LogP contribution < -0.4 is 10.2 Å². The molecule has 0 spiro atoms. The first kappa shape index (κ1) is 18.0. The number of hydrogen-bond acceptors (Lipinski definition) is 3. The van der Waals surface area contributed by atoms with Crippen LogP contribution in [0.3, 0.4) is 0 Å². The average molecular weight is 364 g/mol. The second-order valence-corrected chi connectivity index (χ2v) is 6.18. The molecule has 0 atom stereocenters. The number of nitrogens with zero attached hydrogens (tertiary/aromatic N) is 3. The van der Waals surface area contributed by atoms with Gasteiger partial charge < -0.3 is 15.1 Å². The Kier molecular flexibility index (Phi) is 5.01. The number of alkyl halides is 3. The van der Waals surface area contributed by atoms with E-state index < -0.39 is 11.7 Å². The number of aromatic nitrogens is 1. The minimum atomic E-state index is -4.39. The number of carbonyl (C=O) groups is 1. The monoisotopic (exact) mass is 364 g/mol. The lowest BCUT2D eigenvalue weighted by Gasteiger charge is -2.35. The molecule has 1 aromatic heterocycles. The third-order valence-electron chi connectivity index (χ3n) is 4.24. The molecule has 5 nitrogen and oxygen atoms in total. The number of nitrogens with one attached hydrogen (secondary N) is 1. The lowest BCUT2D eigenvalue weighted by molar-refractivity contribution is -0.137. The summed E-state index contributed by atoms with van der Waals surface area (Å²) in [7, 11) is 0. The first-order valence-corrected chi connectivity index (χ1v) is 8.24. The van der Waals surface area contributed by atoms with Gasteiger partial charge >= 0.3 is 12.2 Å². The van der Waals surface area contributed by atoms with Crippen molar-refractivity contribution in [2.24, 2.45) is 0 Å². The molecule has 26 heavy (non-hydrogen) atoms. The molecule has 0 saturated carbocycles. The third kappa shape index (κ3) is 4.25. The van der Waals surface area contributed by atoms with E-state index in [0.29, 0.717) is 32.0 Å². The van der Waals surface area contributed by atoms with E-state index >= 15 is 0 Å². The van der Waals surface area contributed by atoms with Gasteiger partial charge in [-0.2, -0.15) is 13.2 Å². The third-order valence-corrected chi connectivity index (χ3v) is 4.24. The summed E-state index contributed by atoms with van der Waals surface area (Å²) in [6, 6.07) is 9.75. The molecule has 2 heterocycles. The Hall–Kier alpha value is -2.77. The van der Waals surface area contributed by atoms with Crippen LogP contribution in [0.15, 0.2) is 42.6 Å². The van der Waals surface area contributed by atoms with Crippen LogP contribution >= 0.6 is 0 Å². The average Bonchev–Trinajstić information content (AvgIpc) is 2.61. The van der Waals surface area contributed by atoms with Crippen molar-refractivity contribution in [3.05, 3.63) is 53.7 Å². The number of halogens is 3. The summed E-state index contributed by atoms with van der Waals surface area (Å²) in [4.78, 5) is 19.8. The molecular formula is C18H19F3N4O. The van der Waals surface area contributed by atoms with E-state index in [0.717, 1.165) is 23.5 Å². The Balaban J connectivity index is 1.56. The number of rotatable bonds is 2. The van der Waals surface area contributed by atoms with Gasteiger partial charge in [0.1, 0.15) is 5.82 Å². The maximum absolute atomic E-state index is 12.6. The first-order valence-electron chi connectivity index (χ1n) is 8.24. The van der Waals surface area contributed by atoms with Crippen LogP contribution in [-0.2, 0) is 6.18 Å². The summed E-state index contributed by atoms with van der Waals surface area (Å²) >= 11 is 0. The lowest BCUT2D eigenvalue weighted by Crippen LogP contribution is -2.50. The number of hydrogen-bond donors (Lipinski definition) is 1. The molecule has 1 aliphatic heterocycles. The Bertz CT molecular complexity index is 769. The molecule has 1 aromatic carbocycles. The van der Waals surface area contributed by atoms with E-state index in [4.69, 9.17) is 0 Å². The lowest BCUT2D eigenvalue weighted by atomic mass is 10.2. The molecular weight excluding hydrogens is 345 g/mol. The summed E-state index contributed by atoms with van der Waals surface area (Å²) in [5.74, 6) is 0.483. The van der Waals surface area contributed by atoms with E-state index in [-0.39, 0.29) is 6.03 Å². The molecule has 2 aromatic rings. The van der Waals surface area contributed by atoms with Gasteiger partial charge in [-0.3, -0.25) is 0 Å². The Morgan fingerprint density at radius 3 is 2.42 bits per heavy atom. The zero-order valence-corrected chi connectivity index (χ0v) is 14.3. The highest BCUT2D eigenvalue weighted by Crippen LogP contribution is 2.29. The molecule has 1 N–H and O–H groups in total. The summed E-state index contributed by atoms with van der Waals surface area (Å²) in [5.41, 5.74) is 1.03. The van der Waals surface area contributed by atoms with Crippen molar-refractivity contribution in [1.29, 1.82) is 0 Å². The summed E-state index contributed by atoms with van der Waals surface area (Å²) in [5, 5.41) is 2.86. The number of anilines is 2. The summed E-state index contributed by atoms with van der Waals surface area (Å²) < 4.78 is 37.8. The van der Waals surface area contributed by atoms with Gasteiger partial charge in [0.05, 0.1) is 5.56 Å². The largest absolute Gasteiger partial charge is 0.417 e. The van der Waals surface area contributed by atoms with Crippen molar-refractivity contribution in [3.63, 3.8) is 0 Å². The second kappa shape index (κ2) is 7.23. The predicted octanol–water partition coefficient (Wildman–Crippen LogP) is 3.76. The molecule has 0 unspecified atom stereocenters. The zero-order valence-electron chi connectivity index (χ0n) is 14.3. The van der Waals surface area contributed by atoms with Gasteiger partial charge in [-0.1, -0.05) is 12.1 Å². The number of aryl methyl sites for hydroxylation is 1. The maximum atomic E-state index is 12.6. The normalized spacial score (nSPS) is 15.1. The highest BCUT2D eigenvalue weighted by molar-refractivity contribution is 5.89. The van der Waals surface area contributed by atoms with E-state index in [1.165, 1.54) is 6.07 Å². The van der Waals surface area contributed by atoms with Crippen LogP contribution in [0, 0.1) is 6.92 Å². The number of amides is 2. The predicted molar refractivity (Wildman–Crippen MR) is 93.2 cm³/mol. The maximum Gasteiger partial charge on any atom is 0.417 e. The van der Waals surface area contributed by atoms with Crippen LogP contribution in [0.5, 0.6) is 0 Å². The van der Waals surface area contributed by atoms with Crippen molar-refractivity contribution in [2.75, 3.05) is 36.4 Å². The molecule has 2 amide bonds. The molecule has 1 saturated heterocycles. The van der Waals surface area contributed by atoms with Crippen molar-refractivity contribution < 1.29 is 18.0 Å². The second-order valence-electron chi connectivity index (χ2n) is 6.18. The molecule has 138 valence electrons. The molecule has 0 bridgehead atoms. The molecule has 0 aliphatic carbocycles. The van der Waals surface area contributed by atoms with E-state index in [9.17, 15) is 18.0 Å². The standard InChI is InChI=1S/C18H19F3N4O/c1-13-3-2-4-15(11-13)23-17(26)25-9-7-24(8-10-25)16-6-5-14(12-22-16)18(19,20)21/h2-6,11-12H,7-10H2,1H3,(H,23,26). The van der Waals surface area contributed by atoms with Crippen molar-refractivity contribution >= 4 is 17.5 Å². The fourth-order valence-electron chi connectivity index (χ4n) is 2.80. The molecule has 8 heteroatoms. The summed E-state index contributed by atoms with van der Waals surface area (Å²) in [6.45, 7) is 3.92. The molecule has 1 aliphatic rings. The zero-order chi connectivity index (χ0) is 18.7. The van der Waals surface area contributed by atoms with Gasteiger partial charge in [0.2, 0.25) is 0 Å². The SMILES string of the molecule is Cc1cccc(NC(=O)N2CCN(c3ccc(C(F)(F)F)cn3)CC2)c1. The van der Waals surface area contributed by atoms with Gasteiger partial charge in [0.25, 0.3) is 0 Å². The Labute approximate surface area is 149 Å². The summed E-state index contributed by atoms with van der Waals surface area (Å²) in [6.07, 6.45) is -3.55. The highest BCUT2D eigenvalue weighted by Gasteiger charge is 2.31. The number of urea groups is 1. The van der Waals surface area contributed by atoms with Crippen LogP contribution in [0.2, 0.25) is 0 Å². The van der Waals surface area contributed by atoms with Crippen LogP contribution in [0.25, 0.3) is 0 Å². The molecule has 0 radical (unpaired) electrons. The number of benzene rings is 1. The van der Waals surface area contributed by atoms with Crippen molar-refractivity contribution in [2.45, 2.75) is 13.1 Å². The van der Waals surface area contributed by atoms with Gasteiger partial charge in [-0.15, -0.1) is 0 Å². The topological polar surface area (TPSA) is 48.5 Å². The number of pyridine rings is 1. The van der Waals surface area contributed by atoms with Crippen LogP contribution in [0.4, 0.5) is 29.5 Å². The van der Waals surface area contributed by atoms with Gasteiger partial charge in [0, 0.05) is 38.1 Å². The van der Waals surface area contributed by atoms with E-state index in [2.05, 4.69) is 10.3 Å². The number of piperazine rings is 1. The fourth-order valence-corrected chi connectivity index (χ4v) is 2.80. The fraction of sp³-hybridized carbons (Fsp3) is 0.333. The minimum absolute atomic E-state index is 0.185. The quantitative estimate of drug-likeness (QED) is 0.883. The van der Waals surface area contributed by atoms with Gasteiger partial charge in [-0.05, 0) is 36.8 Å². The van der Waals surface area contributed by atoms with E-state index in [1.807, 2.05) is 36.1 Å². The van der Waals surface area contributed by atoms with E-state index in [1.54, 1.807) is 4.90 Å². The van der Waals surface area contributed by atoms with Gasteiger partial charge in [-0.25, -0.2) is 9.78 Å². The molecule has 3 rings (SSSR count). The van der Waals surface area contributed by atoms with Crippen molar-refractivity contribution in [3.8, 4) is 0 Å². The van der Waals surface area contributed by atoms with Crippen molar-refractivity contribution in [1.82, 2.24) is 9.88 Å². The smallest absolute Gasteiger partial charge is 0.353 e. The number of carbonyl (C=O) groups excluding carboxylic acids is 1. The highest BCUT2D eigenvalue weighted by atomic mass is 19.4. The van der Waals surface area contributed by atoms with Gasteiger partial charge in [0.15, 0.2) is 0 Å². The van der Waals surface area contributed by atoms with Crippen LogP contribution in [-0.4, -0.2) is 42.1 Å². The first-order chi connectivity index (χ1) is 12.3. The Morgan fingerprint density at radius 2 is 1.85 bits per heavy atom. The Morgan fingerprint density at radius 1 is 1.12 bits per heavy atom.